The second-order valence-corrected chi connectivity index (χ2v) is 9.22. The highest BCUT2D eigenvalue weighted by atomic mass is 35.5. The van der Waals surface area contributed by atoms with Crippen molar-refractivity contribution in [3.05, 3.63) is 100 Å². The van der Waals surface area contributed by atoms with Crippen LogP contribution in [0.3, 0.4) is 0 Å². The van der Waals surface area contributed by atoms with E-state index in [0.29, 0.717) is 5.69 Å². The fraction of sp³-hybridized carbons (Fsp3) is 0.120. The highest BCUT2D eigenvalue weighted by Gasteiger charge is 2.33. The van der Waals surface area contributed by atoms with E-state index in [0.717, 1.165) is 30.0 Å². The van der Waals surface area contributed by atoms with E-state index in [-0.39, 0.29) is 33.9 Å². The summed E-state index contributed by atoms with van der Waals surface area (Å²) in [6.45, 7) is -0.250. The first-order valence-electron chi connectivity index (χ1n) is 11.1. The molecule has 0 radical (unpaired) electrons. The number of para-hydroxylation sites is 1. The molecule has 4 rings (SSSR count). The van der Waals surface area contributed by atoms with Crippen LogP contribution in [0.25, 0.3) is 5.69 Å². The van der Waals surface area contributed by atoms with E-state index in [1.165, 1.54) is 53.1 Å². The molecular weight excluding hydrogens is 565 g/mol. The largest absolute Gasteiger partial charge is 0.418 e. The molecule has 0 saturated carbocycles. The van der Waals surface area contributed by atoms with Gasteiger partial charge in [0.05, 0.1) is 34.1 Å². The minimum Gasteiger partial charge on any atom is -0.345 e. The summed E-state index contributed by atoms with van der Waals surface area (Å²) in [5.74, 6) is -3.10. The van der Waals surface area contributed by atoms with Gasteiger partial charge in [-0.25, -0.2) is 8.78 Å². The molecule has 0 saturated heterocycles. The molecule has 14 heteroatoms. The molecule has 0 bridgehead atoms. The number of hydrogen-bond acceptors (Lipinski definition) is 5. The van der Waals surface area contributed by atoms with E-state index >= 15 is 0 Å². The van der Waals surface area contributed by atoms with Crippen molar-refractivity contribution in [2.24, 2.45) is 0 Å². The second kappa shape index (κ2) is 11.8. The zero-order valence-electron chi connectivity index (χ0n) is 19.6. The fourth-order valence-electron chi connectivity index (χ4n) is 3.48. The maximum atomic E-state index is 14.1. The van der Waals surface area contributed by atoms with Crippen molar-refractivity contribution < 1.29 is 31.5 Å². The first kappa shape index (κ1) is 28.0. The van der Waals surface area contributed by atoms with Crippen LogP contribution in [-0.4, -0.2) is 32.3 Å². The van der Waals surface area contributed by atoms with Crippen LogP contribution >= 0.6 is 23.4 Å². The standard InChI is InChI=1S/C25H17ClF5N5O2S/c26-17-5-3-6-18(28)22(17)23(38)32-12-20-34-35-24(36(20)15-10-8-14(27)9-11-15)39-13-21(37)33-19-7-2-1-4-16(19)25(29,30)31/h1-11H,12-13H2,(H,32,38)(H,33,37). The third-order valence-corrected chi connectivity index (χ3v) is 6.46. The summed E-state index contributed by atoms with van der Waals surface area (Å²) in [4.78, 5) is 25.1. The number of aromatic nitrogens is 3. The Morgan fingerprint density at radius 1 is 0.949 bits per heavy atom. The topological polar surface area (TPSA) is 88.9 Å². The predicted molar refractivity (Wildman–Crippen MR) is 135 cm³/mol. The molecule has 4 aromatic rings. The van der Waals surface area contributed by atoms with Gasteiger partial charge in [-0.05, 0) is 48.5 Å². The van der Waals surface area contributed by atoms with E-state index in [4.69, 9.17) is 11.6 Å². The van der Waals surface area contributed by atoms with Crippen LogP contribution in [0.1, 0.15) is 21.7 Å². The fourth-order valence-corrected chi connectivity index (χ4v) is 4.50. The molecular formula is C25H17ClF5N5O2S. The lowest BCUT2D eigenvalue weighted by atomic mass is 10.1. The molecule has 202 valence electrons. The van der Waals surface area contributed by atoms with Gasteiger partial charge in [0.2, 0.25) is 5.91 Å². The van der Waals surface area contributed by atoms with Gasteiger partial charge in [-0.15, -0.1) is 10.2 Å². The summed E-state index contributed by atoms with van der Waals surface area (Å²) in [5.41, 5.74) is -1.38. The number of thioether (sulfide) groups is 1. The number of rotatable bonds is 8. The second-order valence-electron chi connectivity index (χ2n) is 7.87. The van der Waals surface area contributed by atoms with Gasteiger partial charge in [0.25, 0.3) is 5.91 Å². The minimum atomic E-state index is -4.66. The maximum absolute atomic E-state index is 14.1. The van der Waals surface area contributed by atoms with E-state index in [2.05, 4.69) is 20.8 Å². The lowest BCUT2D eigenvalue weighted by molar-refractivity contribution is -0.137. The van der Waals surface area contributed by atoms with Crippen molar-refractivity contribution in [2.45, 2.75) is 17.9 Å². The first-order valence-corrected chi connectivity index (χ1v) is 12.4. The van der Waals surface area contributed by atoms with E-state index < -0.39 is 40.9 Å². The zero-order chi connectivity index (χ0) is 28.2. The average molecular weight is 582 g/mol. The predicted octanol–water partition coefficient (Wildman–Crippen LogP) is 5.88. The summed E-state index contributed by atoms with van der Waals surface area (Å²) in [5, 5.41) is 12.8. The monoisotopic (exact) mass is 581 g/mol. The normalized spacial score (nSPS) is 11.3. The van der Waals surface area contributed by atoms with Gasteiger partial charge in [-0.1, -0.05) is 41.6 Å². The third-order valence-electron chi connectivity index (χ3n) is 5.22. The van der Waals surface area contributed by atoms with Gasteiger partial charge < -0.3 is 10.6 Å². The van der Waals surface area contributed by atoms with Crippen LogP contribution in [-0.2, 0) is 17.5 Å². The number of nitrogens with one attached hydrogen (secondary N) is 2. The average Bonchev–Trinajstić information content (AvgIpc) is 3.29. The van der Waals surface area contributed by atoms with Crippen molar-refractivity contribution >= 4 is 40.9 Å². The molecule has 0 fully saturated rings. The molecule has 0 unspecified atom stereocenters. The molecule has 1 heterocycles. The Labute approximate surface area is 227 Å². The van der Waals surface area contributed by atoms with Gasteiger partial charge in [0.15, 0.2) is 11.0 Å². The molecule has 0 aliphatic heterocycles. The highest BCUT2D eigenvalue weighted by molar-refractivity contribution is 7.99. The molecule has 0 aliphatic carbocycles. The van der Waals surface area contributed by atoms with Crippen molar-refractivity contribution in [1.82, 2.24) is 20.1 Å². The number of amides is 2. The SMILES string of the molecule is O=C(CSc1nnc(CNC(=O)c2c(F)cccc2Cl)n1-c1ccc(F)cc1)Nc1ccccc1C(F)(F)F. The molecule has 1 aromatic heterocycles. The molecule has 39 heavy (non-hydrogen) atoms. The van der Waals surface area contributed by atoms with E-state index in [1.54, 1.807) is 0 Å². The number of alkyl halides is 3. The summed E-state index contributed by atoms with van der Waals surface area (Å²) in [7, 11) is 0. The van der Waals surface area contributed by atoms with Crippen LogP contribution in [0.15, 0.2) is 71.9 Å². The first-order chi connectivity index (χ1) is 18.5. The van der Waals surface area contributed by atoms with Crippen LogP contribution in [0.4, 0.5) is 27.6 Å². The smallest absolute Gasteiger partial charge is 0.345 e. The van der Waals surface area contributed by atoms with Crippen LogP contribution in [0.2, 0.25) is 5.02 Å². The Balaban J connectivity index is 1.53. The molecule has 0 spiro atoms. The number of carbonyl (C=O) groups is 2. The third kappa shape index (κ3) is 6.73. The Bertz CT molecular complexity index is 1490. The van der Waals surface area contributed by atoms with Gasteiger partial charge in [0, 0.05) is 5.69 Å². The van der Waals surface area contributed by atoms with Crippen molar-refractivity contribution in [3.8, 4) is 5.69 Å². The Morgan fingerprint density at radius 3 is 2.36 bits per heavy atom. The number of benzene rings is 3. The lowest BCUT2D eigenvalue weighted by Crippen LogP contribution is -2.26. The quantitative estimate of drug-likeness (QED) is 0.200. The Morgan fingerprint density at radius 2 is 1.67 bits per heavy atom. The molecule has 0 aliphatic rings. The summed E-state index contributed by atoms with van der Waals surface area (Å²) < 4.78 is 68.8. The number of hydrogen-bond donors (Lipinski definition) is 2. The molecule has 2 amide bonds. The van der Waals surface area contributed by atoms with Crippen molar-refractivity contribution in [1.29, 1.82) is 0 Å². The number of nitrogens with zero attached hydrogens (tertiary/aromatic N) is 3. The minimum absolute atomic E-state index is 0.0955. The molecule has 2 N–H and O–H groups in total. The van der Waals surface area contributed by atoms with E-state index in [1.807, 2.05) is 0 Å². The van der Waals surface area contributed by atoms with Crippen LogP contribution in [0, 0.1) is 11.6 Å². The van der Waals surface area contributed by atoms with Gasteiger partial charge in [-0.3, -0.25) is 14.2 Å². The number of carbonyl (C=O) groups excluding carboxylic acids is 2. The zero-order valence-corrected chi connectivity index (χ0v) is 21.2. The summed E-state index contributed by atoms with van der Waals surface area (Å²) >= 11 is 6.79. The van der Waals surface area contributed by atoms with Crippen molar-refractivity contribution in [2.75, 3.05) is 11.1 Å². The number of anilines is 1. The van der Waals surface area contributed by atoms with E-state index in [9.17, 15) is 31.5 Å². The molecule has 3 aromatic carbocycles. The van der Waals surface area contributed by atoms with Crippen LogP contribution in [0.5, 0.6) is 0 Å². The van der Waals surface area contributed by atoms with Gasteiger partial charge in [0.1, 0.15) is 11.6 Å². The molecule has 7 nitrogen and oxygen atoms in total. The van der Waals surface area contributed by atoms with Gasteiger partial charge in [-0.2, -0.15) is 13.2 Å². The summed E-state index contributed by atoms with van der Waals surface area (Å²) in [6.07, 6.45) is -4.66. The van der Waals surface area contributed by atoms with Crippen molar-refractivity contribution in [3.63, 3.8) is 0 Å². The molecule has 0 atom stereocenters. The summed E-state index contributed by atoms with van der Waals surface area (Å²) in [6, 6.07) is 13.5. The maximum Gasteiger partial charge on any atom is 0.418 e. The van der Waals surface area contributed by atoms with Gasteiger partial charge >= 0.3 is 6.18 Å². The Hall–Kier alpha value is -3.97. The lowest BCUT2D eigenvalue weighted by Gasteiger charge is -2.14. The number of halogens is 6. The van der Waals surface area contributed by atoms with Crippen LogP contribution < -0.4 is 10.6 Å². The Kier molecular flexibility index (Phi) is 8.51. The highest BCUT2D eigenvalue weighted by Crippen LogP contribution is 2.34.